The van der Waals surface area contributed by atoms with Crippen LogP contribution in [0, 0.1) is 11.3 Å². The fourth-order valence-electron chi connectivity index (χ4n) is 4.55. The summed E-state index contributed by atoms with van der Waals surface area (Å²) >= 11 is 0. The van der Waals surface area contributed by atoms with Gasteiger partial charge in [0.15, 0.2) is 5.96 Å². The second-order valence-electron chi connectivity index (χ2n) is 9.31. The lowest BCUT2D eigenvalue weighted by molar-refractivity contribution is 0.104. The molecule has 0 radical (unpaired) electrons. The Kier molecular flexibility index (Phi) is 7.76. The van der Waals surface area contributed by atoms with Crippen LogP contribution in [0.2, 0.25) is 0 Å². The van der Waals surface area contributed by atoms with Gasteiger partial charge in [-0.05, 0) is 62.3 Å². The lowest BCUT2D eigenvalue weighted by Crippen LogP contribution is -2.47. The monoisotopic (exact) mass is 400 g/mol. The van der Waals surface area contributed by atoms with E-state index < -0.39 is 0 Å². The minimum atomic E-state index is 0.468. The van der Waals surface area contributed by atoms with Gasteiger partial charge >= 0.3 is 0 Å². The van der Waals surface area contributed by atoms with Crippen LogP contribution in [0.4, 0.5) is 5.82 Å². The Balaban J connectivity index is 1.59. The molecule has 0 unspecified atom stereocenters. The van der Waals surface area contributed by atoms with Gasteiger partial charge < -0.3 is 20.4 Å². The molecule has 0 bridgehead atoms. The molecule has 0 spiro atoms. The van der Waals surface area contributed by atoms with Crippen molar-refractivity contribution in [2.45, 2.75) is 53.0 Å². The number of aliphatic imine (C=N–C) groups is 1. The molecule has 162 valence electrons. The lowest BCUT2D eigenvalue weighted by Gasteiger charge is -2.43. The number of piperazine rings is 1. The van der Waals surface area contributed by atoms with Crippen LogP contribution >= 0.6 is 0 Å². The first-order valence-electron chi connectivity index (χ1n) is 11.4. The number of nitrogens with zero attached hydrogens (tertiary/aromatic N) is 4. The average molecular weight is 401 g/mol. The van der Waals surface area contributed by atoms with Crippen LogP contribution in [0.1, 0.15) is 52.0 Å². The summed E-state index contributed by atoms with van der Waals surface area (Å²) in [6, 6.07) is 4.28. The Morgan fingerprint density at radius 2 is 1.97 bits per heavy atom. The highest BCUT2D eigenvalue weighted by molar-refractivity contribution is 5.79. The van der Waals surface area contributed by atoms with E-state index in [0.29, 0.717) is 12.0 Å². The molecule has 6 nitrogen and oxygen atoms in total. The van der Waals surface area contributed by atoms with Crippen molar-refractivity contribution in [3.63, 3.8) is 0 Å². The van der Waals surface area contributed by atoms with Crippen molar-refractivity contribution in [2.24, 2.45) is 16.3 Å². The van der Waals surface area contributed by atoms with Gasteiger partial charge in [-0.2, -0.15) is 0 Å². The topological polar surface area (TPSA) is 55.8 Å². The fraction of sp³-hybridized carbons (Fsp3) is 0.739. The predicted octanol–water partition coefficient (Wildman–Crippen LogP) is 3.10. The molecule has 2 heterocycles. The van der Waals surface area contributed by atoms with Gasteiger partial charge in [-0.15, -0.1) is 0 Å². The largest absolute Gasteiger partial charge is 0.357 e. The van der Waals surface area contributed by atoms with Gasteiger partial charge in [0, 0.05) is 45.5 Å². The minimum absolute atomic E-state index is 0.468. The second kappa shape index (κ2) is 10.3. The standard InChI is InChI=1S/C23H40N6/c1-5-24-22(27-18-23(8-6-9-23)16-19(2)3)26-17-20-7-10-25-21(15-20)29-13-11-28(4)12-14-29/h7,10,15,19H,5-6,8-9,11-14,16-18H2,1-4H3,(H2,24,26,27). The summed E-state index contributed by atoms with van der Waals surface area (Å²) in [5.41, 5.74) is 1.68. The number of pyridine rings is 1. The maximum Gasteiger partial charge on any atom is 0.191 e. The molecule has 1 aliphatic heterocycles. The summed E-state index contributed by atoms with van der Waals surface area (Å²) in [5.74, 6) is 2.76. The molecule has 1 aliphatic carbocycles. The number of hydrogen-bond acceptors (Lipinski definition) is 4. The van der Waals surface area contributed by atoms with E-state index in [2.05, 4.69) is 65.4 Å². The molecule has 2 aliphatic rings. The summed E-state index contributed by atoms with van der Waals surface area (Å²) in [6.45, 7) is 13.6. The quantitative estimate of drug-likeness (QED) is 0.519. The molecular formula is C23H40N6. The van der Waals surface area contributed by atoms with Crippen molar-refractivity contribution < 1.29 is 0 Å². The number of hydrogen-bond donors (Lipinski definition) is 2. The zero-order valence-corrected chi connectivity index (χ0v) is 18.9. The SMILES string of the molecule is CCNC(=NCc1ccnc(N2CCN(C)CC2)c1)NCC1(CC(C)C)CCC1. The van der Waals surface area contributed by atoms with Crippen LogP contribution in [-0.2, 0) is 6.54 Å². The predicted molar refractivity (Wildman–Crippen MR) is 123 cm³/mol. The molecular weight excluding hydrogens is 360 g/mol. The van der Waals surface area contributed by atoms with Crippen LogP contribution < -0.4 is 15.5 Å². The molecule has 1 aromatic rings. The minimum Gasteiger partial charge on any atom is -0.357 e. The Morgan fingerprint density at radius 1 is 1.21 bits per heavy atom. The average Bonchev–Trinajstić information content (AvgIpc) is 2.68. The highest BCUT2D eigenvalue weighted by Crippen LogP contribution is 2.45. The van der Waals surface area contributed by atoms with Crippen molar-refractivity contribution in [2.75, 3.05) is 51.2 Å². The van der Waals surface area contributed by atoms with E-state index in [0.717, 1.165) is 57.0 Å². The van der Waals surface area contributed by atoms with Crippen molar-refractivity contribution in [3.8, 4) is 0 Å². The van der Waals surface area contributed by atoms with Crippen LogP contribution in [-0.4, -0.2) is 62.2 Å². The van der Waals surface area contributed by atoms with Crippen LogP contribution in [0.3, 0.4) is 0 Å². The van der Waals surface area contributed by atoms with E-state index >= 15 is 0 Å². The van der Waals surface area contributed by atoms with Crippen LogP contribution in [0.25, 0.3) is 0 Å². The number of likely N-dealkylation sites (N-methyl/N-ethyl adjacent to an activating group) is 1. The van der Waals surface area contributed by atoms with E-state index in [-0.39, 0.29) is 0 Å². The molecule has 2 fully saturated rings. The highest BCUT2D eigenvalue weighted by Gasteiger charge is 2.37. The third-order valence-electron chi connectivity index (χ3n) is 6.29. The van der Waals surface area contributed by atoms with E-state index in [4.69, 9.17) is 4.99 Å². The lowest BCUT2D eigenvalue weighted by atomic mass is 9.64. The fourth-order valence-corrected chi connectivity index (χ4v) is 4.55. The highest BCUT2D eigenvalue weighted by atomic mass is 15.3. The Labute approximate surface area is 177 Å². The van der Waals surface area contributed by atoms with Gasteiger partial charge in [0.1, 0.15) is 5.82 Å². The Hall–Kier alpha value is -1.82. The Morgan fingerprint density at radius 3 is 2.59 bits per heavy atom. The first-order valence-corrected chi connectivity index (χ1v) is 11.4. The number of anilines is 1. The van der Waals surface area contributed by atoms with Crippen molar-refractivity contribution in [1.82, 2.24) is 20.5 Å². The summed E-state index contributed by atoms with van der Waals surface area (Å²) < 4.78 is 0. The second-order valence-corrected chi connectivity index (χ2v) is 9.31. The van der Waals surface area contributed by atoms with Crippen molar-refractivity contribution in [3.05, 3.63) is 23.9 Å². The molecule has 1 saturated heterocycles. The smallest absolute Gasteiger partial charge is 0.191 e. The molecule has 6 heteroatoms. The Bertz CT molecular complexity index is 659. The van der Waals surface area contributed by atoms with Gasteiger partial charge in [-0.3, -0.25) is 0 Å². The normalized spacial score (nSPS) is 19.9. The zero-order valence-electron chi connectivity index (χ0n) is 18.9. The van der Waals surface area contributed by atoms with Gasteiger partial charge in [0.05, 0.1) is 6.54 Å². The summed E-state index contributed by atoms with van der Waals surface area (Å²) in [7, 11) is 2.18. The van der Waals surface area contributed by atoms with Gasteiger partial charge in [0.25, 0.3) is 0 Å². The maximum absolute atomic E-state index is 4.86. The number of nitrogens with one attached hydrogen (secondary N) is 2. The first kappa shape index (κ1) is 21.9. The maximum atomic E-state index is 4.86. The summed E-state index contributed by atoms with van der Waals surface area (Å²) in [4.78, 5) is 14.2. The molecule has 1 saturated carbocycles. The first-order chi connectivity index (χ1) is 14.0. The van der Waals surface area contributed by atoms with E-state index in [9.17, 15) is 0 Å². The number of rotatable bonds is 8. The third-order valence-corrected chi connectivity index (χ3v) is 6.29. The van der Waals surface area contributed by atoms with E-state index in [1.54, 1.807) is 0 Å². The van der Waals surface area contributed by atoms with Gasteiger partial charge in [0.2, 0.25) is 0 Å². The number of aromatic nitrogens is 1. The van der Waals surface area contributed by atoms with Crippen molar-refractivity contribution in [1.29, 1.82) is 0 Å². The molecule has 0 atom stereocenters. The summed E-state index contributed by atoms with van der Waals surface area (Å²) in [5, 5.41) is 7.05. The number of guanidine groups is 1. The zero-order chi connectivity index (χ0) is 20.7. The third kappa shape index (κ3) is 6.33. The molecule has 0 amide bonds. The van der Waals surface area contributed by atoms with E-state index in [1.807, 2.05) is 6.20 Å². The molecule has 0 aromatic carbocycles. The molecule has 29 heavy (non-hydrogen) atoms. The molecule has 2 N–H and O–H groups in total. The summed E-state index contributed by atoms with van der Waals surface area (Å²) in [6.07, 6.45) is 7.28. The van der Waals surface area contributed by atoms with Gasteiger partial charge in [-0.1, -0.05) is 20.3 Å². The van der Waals surface area contributed by atoms with E-state index in [1.165, 1.54) is 31.2 Å². The van der Waals surface area contributed by atoms with Crippen LogP contribution in [0.5, 0.6) is 0 Å². The molecule has 3 rings (SSSR count). The molecule has 1 aromatic heterocycles. The van der Waals surface area contributed by atoms with Crippen molar-refractivity contribution >= 4 is 11.8 Å². The van der Waals surface area contributed by atoms with Crippen LogP contribution in [0.15, 0.2) is 23.3 Å². The van der Waals surface area contributed by atoms with Gasteiger partial charge in [-0.25, -0.2) is 9.98 Å².